The average molecular weight is 262 g/mol. The fourth-order valence-corrected chi connectivity index (χ4v) is 1.36. The molecule has 1 aromatic carbocycles. The molecule has 0 saturated heterocycles. The van der Waals surface area contributed by atoms with Gasteiger partial charge in [-0.15, -0.1) is 0 Å². The van der Waals surface area contributed by atoms with E-state index in [0.29, 0.717) is 0 Å². The third kappa shape index (κ3) is 5.41. The molecule has 0 aliphatic rings. The molecule has 0 bridgehead atoms. The number of rotatable bonds is 5. The van der Waals surface area contributed by atoms with Crippen LogP contribution in [-0.4, -0.2) is 33.9 Å². The summed E-state index contributed by atoms with van der Waals surface area (Å²) in [6.07, 6.45) is 0.898. The highest BCUT2D eigenvalue weighted by Gasteiger charge is 2.07. The molecule has 0 aromatic heterocycles. The van der Waals surface area contributed by atoms with Crippen LogP contribution in [-0.2, 0) is 19.0 Å². The lowest BCUT2D eigenvalue weighted by molar-refractivity contribution is 0.0453. The largest absolute Gasteiger partial charge is 0.460 e. The molecule has 0 aliphatic carbocycles. The Kier molecular flexibility index (Phi) is 4.59. The van der Waals surface area contributed by atoms with Crippen LogP contribution in [0.1, 0.15) is 10.4 Å². The molecule has 5 nitrogen and oxygen atoms in total. The van der Waals surface area contributed by atoms with E-state index in [4.69, 9.17) is 4.74 Å². The summed E-state index contributed by atoms with van der Waals surface area (Å²) >= 11 is 0. The average Bonchev–Trinajstić information content (AvgIpc) is 2.24. The Morgan fingerprint density at radius 1 is 1.24 bits per heavy atom. The molecule has 0 aliphatic heterocycles. The van der Waals surface area contributed by atoms with E-state index < -0.39 is 21.9 Å². The zero-order chi connectivity index (χ0) is 12.9. The van der Waals surface area contributed by atoms with E-state index >= 15 is 0 Å². The van der Waals surface area contributed by atoms with Crippen LogP contribution in [0, 0.1) is 5.82 Å². The van der Waals surface area contributed by atoms with E-state index in [9.17, 15) is 17.6 Å². The normalized spacial score (nSPS) is 11.2. The molecule has 0 radical (unpaired) electrons. The Morgan fingerprint density at radius 2 is 1.82 bits per heavy atom. The van der Waals surface area contributed by atoms with E-state index in [1.807, 2.05) is 0 Å². The van der Waals surface area contributed by atoms with Crippen molar-refractivity contribution in [1.29, 1.82) is 0 Å². The lowest BCUT2D eigenvalue weighted by atomic mass is 10.2. The van der Waals surface area contributed by atoms with Crippen molar-refractivity contribution in [3.8, 4) is 0 Å². The second kappa shape index (κ2) is 5.74. The van der Waals surface area contributed by atoms with Gasteiger partial charge in [0.15, 0.2) is 0 Å². The number of halogens is 1. The molecular weight excluding hydrogens is 251 g/mol. The van der Waals surface area contributed by atoms with Crippen molar-refractivity contribution in [2.45, 2.75) is 0 Å². The van der Waals surface area contributed by atoms with Gasteiger partial charge >= 0.3 is 5.97 Å². The van der Waals surface area contributed by atoms with Crippen molar-refractivity contribution in [3.05, 3.63) is 35.6 Å². The quantitative estimate of drug-likeness (QED) is 0.449. The second-order valence-corrected chi connectivity index (χ2v) is 4.81. The van der Waals surface area contributed by atoms with Crippen molar-refractivity contribution >= 4 is 16.1 Å². The van der Waals surface area contributed by atoms with Gasteiger partial charge < -0.3 is 4.74 Å². The summed E-state index contributed by atoms with van der Waals surface area (Å²) in [5.41, 5.74) is 0.186. The number of ether oxygens (including phenoxy) is 1. The molecule has 0 fully saturated rings. The molecule has 17 heavy (non-hydrogen) atoms. The van der Waals surface area contributed by atoms with Crippen molar-refractivity contribution in [2.24, 2.45) is 0 Å². The van der Waals surface area contributed by atoms with Gasteiger partial charge in [0.25, 0.3) is 10.1 Å². The zero-order valence-corrected chi connectivity index (χ0v) is 9.87. The maximum Gasteiger partial charge on any atom is 0.338 e. The molecule has 0 spiro atoms. The van der Waals surface area contributed by atoms with Crippen LogP contribution < -0.4 is 0 Å². The molecule has 0 atom stereocenters. The molecule has 0 N–H and O–H groups in total. The van der Waals surface area contributed by atoms with E-state index in [0.717, 1.165) is 18.4 Å². The van der Waals surface area contributed by atoms with Crippen LogP contribution >= 0.6 is 0 Å². The number of benzene rings is 1. The monoisotopic (exact) mass is 262 g/mol. The lowest BCUT2D eigenvalue weighted by Gasteiger charge is -2.04. The molecule has 0 saturated carbocycles. The Hall–Kier alpha value is -1.47. The number of carbonyl (C=O) groups excluding carboxylic acids is 1. The predicted molar refractivity (Wildman–Crippen MR) is 57.5 cm³/mol. The van der Waals surface area contributed by atoms with Gasteiger partial charge in [0.1, 0.15) is 19.0 Å². The van der Waals surface area contributed by atoms with Gasteiger partial charge in [-0.25, -0.2) is 9.18 Å². The molecule has 1 aromatic rings. The van der Waals surface area contributed by atoms with Crippen molar-refractivity contribution in [1.82, 2.24) is 0 Å². The third-order valence-corrected chi connectivity index (χ3v) is 2.29. The number of hydrogen-bond donors (Lipinski definition) is 0. The zero-order valence-electron chi connectivity index (χ0n) is 9.05. The summed E-state index contributed by atoms with van der Waals surface area (Å²) in [6.45, 7) is -0.435. The van der Waals surface area contributed by atoms with Crippen LogP contribution in [0.25, 0.3) is 0 Å². The first kappa shape index (κ1) is 13.6. The topological polar surface area (TPSA) is 69.7 Å². The SMILES string of the molecule is CS(=O)(=O)OCCOC(=O)c1ccc(F)cc1. The minimum absolute atomic E-state index is 0.186. The van der Waals surface area contributed by atoms with Gasteiger partial charge in [0, 0.05) is 0 Å². The molecule has 0 amide bonds. The van der Waals surface area contributed by atoms with Gasteiger partial charge in [-0.05, 0) is 24.3 Å². The van der Waals surface area contributed by atoms with E-state index in [2.05, 4.69) is 4.18 Å². The fraction of sp³-hybridized carbons (Fsp3) is 0.300. The minimum Gasteiger partial charge on any atom is -0.460 e. The van der Waals surface area contributed by atoms with E-state index in [1.165, 1.54) is 12.1 Å². The fourth-order valence-electron chi connectivity index (χ4n) is 0.989. The van der Waals surface area contributed by atoms with Crippen molar-refractivity contribution in [2.75, 3.05) is 19.5 Å². The highest BCUT2D eigenvalue weighted by Crippen LogP contribution is 2.04. The maximum absolute atomic E-state index is 12.5. The second-order valence-electron chi connectivity index (χ2n) is 3.17. The number of carbonyl (C=O) groups is 1. The van der Waals surface area contributed by atoms with Crippen LogP contribution in [0.15, 0.2) is 24.3 Å². The van der Waals surface area contributed by atoms with Crippen LogP contribution in [0.2, 0.25) is 0 Å². The van der Waals surface area contributed by atoms with Crippen LogP contribution in [0.3, 0.4) is 0 Å². The van der Waals surface area contributed by atoms with Crippen LogP contribution in [0.4, 0.5) is 4.39 Å². The van der Waals surface area contributed by atoms with Crippen molar-refractivity contribution in [3.63, 3.8) is 0 Å². The molecule has 94 valence electrons. The summed E-state index contributed by atoms with van der Waals surface area (Å²) < 4.78 is 42.8. The van der Waals surface area contributed by atoms with E-state index in [1.54, 1.807) is 0 Å². The highest BCUT2D eigenvalue weighted by atomic mass is 32.2. The molecule has 0 unspecified atom stereocenters. The molecule has 0 heterocycles. The summed E-state index contributed by atoms with van der Waals surface area (Å²) in [4.78, 5) is 11.3. The Morgan fingerprint density at radius 3 is 2.35 bits per heavy atom. The molecule has 1 rings (SSSR count). The predicted octanol–water partition coefficient (Wildman–Crippen LogP) is 0.959. The lowest BCUT2D eigenvalue weighted by Crippen LogP contribution is -2.13. The summed E-state index contributed by atoms with van der Waals surface area (Å²) in [7, 11) is -3.53. The number of hydrogen-bond acceptors (Lipinski definition) is 5. The first-order valence-corrected chi connectivity index (χ1v) is 6.47. The molecule has 7 heteroatoms. The van der Waals surface area contributed by atoms with E-state index in [-0.39, 0.29) is 18.8 Å². The summed E-state index contributed by atoms with van der Waals surface area (Å²) in [5.74, 6) is -1.12. The van der Waals surface area contributed by atoms with Gasteiger partial charge in [-0.3, -0.25) is 4.18 Å². The summed E-state index contributed by atoms with van der Waals surface area (Å²) in [5, 5.41) is 0. The highest BCUT2D eigenvalue weighted by molar-refractivity contribution is 7.85. The molecular formula is C10H11FO5S. The number of esters is 1. The Labute approximate surface area is 98.3 Å². The Bertz CT molecular complexity index is 480. The first-order chi connectivity index (χ1) is 7.88. The van der Waals surface area contributed by atoms with Gasteiger partial charge in [0.2, 0.25) is 0 Å². The first-order valence-electron chi connectivity index (χ1n) is 4.65. The Balaban J connectivity index is 2.38. The maximum atomic E-state index is 12.5. The van der Waals surface area contributed by atoms with Gasteiger partial charge in [-0.1, -0.05) is 0 Å². The van der Waals surface area contributed by atoms with Gasteiger partial charge in [-0.2, -0.15) is 8.42 Å². The third-order valence-electron chi connectivity index (χ3n) is 1.69. The van der Waals surface area contributed by atoms with Crippen molar-refractivity contribution < 1.29 is 26.5 Å². The van der Waals surface area contributed by atoms with Gasteiger partial charge in [0.05, 0.1) is 11.8 Å². The smallest absolute Gasteiger partial charge is 0.338 e. The minimum atomic E-state index is -3.53. The standard InChI is InChI=1S/C10H11FO5S/c1-17(13,14)16-7-6-15-10(12)8-2-4-9(11)5-3-8/h2-5H,6-7H2,1H3. The van der Waals surface area contributed by atoms with Crippen LogP contribution in [0.5, 0.6) is 0 Å². The summed E-state index contributed by atoms with van der Waals surface area (Å²) in [6, 6.07) is 4.80.